The van der Waals surface area contributed by atoms with E-state index in [9.17, 15) is 19.5 Å². The molecule has 2 aromatic rings. The fourth-order valence-corrected chi connectivity index (χ4v) is 3.84. The number of hydrogen-bond donors (Lipinski definition) is 1. The summed E-state index contributed by atoms with van der Waals surface area (Å²) in [6, 6.07) is 16.5. The van der Waals surface area contributed by atoms with E-state index >= 15 is 0 Å². The Morgan fingerprint density at radius 2 is 1.83 bits per heavy atom. The van der Waals surface area contributed by atoms with Crippen molar-refractivity contribution in [1.29, 1.82) is 0 Å². The standard InChI is InChI=1S/C22H22N2O5S/c1-29-18-10-6-5-9-17(18)13-19-21(27)24(22(28)30-19)15-20(26)23(11-12-25)14-16-7-3-2-4-8-16/h2-10,13,25H,11-12,14-15H2,1H3/b19-13-. The number of methoxy groups -OCH3 is 1. The number of aliphatic hydroxyl groups excluding tert-OH is 1. The van der Waals surface area contributed by atoms with E-state index < -0.39 is 17.1 Å². The molecule has 0 radical (unpaired) electrons. The third-order valence-electron chi connectivity index (χ3n) is 4.53. The molecule has 1 aliphatic rings. The molecule has 0 bridgehead atoms. The first kappa shape index (κ1) is 21.6. The topological polar surface area (TPSA) is 87.2 Å². The Bertz CT molecular complexity index is 961. The van der Waals surface area contributed by atoms with Crippen LogP contribution in [-0.2, 0) is 16.1 Å². The largest absolute Gasteiger partial charge is 0.496 e. The van der Waals surface area contributed by atoms with Crippen molar-refractivity contribution >= 4 is 34.9 Å². The Hall–Kier alpha value is -3.10. The van der Waals surface area contributed by atoms with Crippen LogP contribution in [0.3, 0.4) is 0 Å². The molecule has 0 spiro atoms. The predicted octanol–water partition coefficient (Wildman–Crippen LogP) is 2.75. The van der Waals surface area contributed by atoms with Gasteiger partial charge < -0.3 is 14.7 Å². The quantitative estimate of drug-likeness (QED) is 0.653. The Morgan fingerprint density at radius 1 is 1.13 bits per heavy atom. The molecule has 1 fully saturated rings. The van der Waals surface area contributed by atoms with Crippen LogP contribution in [0.4, 0.5) is 4.79 Å². The van der Waals surface area contributed by atoms with Gasteiger partial charge in [-0.3, -0.25) is 19.3 Å². The van der Waals surface area contributed by atoms with Gasteiger partial charge in [-0.15, -0.1) is 0 Å². The second-order valence-electron chi connectivity index (χ2n) is 6.53. The minimum absolute atomic E-state index is 0.112. The number of benzene rings is 2. The Balaban J connectivity index is 1.73. The molecule has 30 heavy (non-hydrogen) atoms. The van der Waals surface area contributed by atoms with Crippen molar-refractivity contribution < 1.29 is 24.2 Å². The summed E-state index contributed by atoms with van der Waals surface area (Å²) >= 11 is 0.790. The minimum Gasteiger partial charge on any atom is -0.496 e. The van der Waals surface area contributed by atoms with Gasteiger partial charge >= 0.3 is 0 Å². The lowest BCUT2D eigenvalue weighted by Crippen LogP contribution is -2.42. The van der Waals surface area contributed by atoms with Crippen molar-refractivity contribution in [2.45, 2.75) is 6.54 Å². The van der Waals surface area contributed by atoms with Gasteiger partial charge in [-0.1, -0.05) is 48.5 Å². The number of para-hydroxylation sites is 1. The monoisotopic (exact) mass is 426 g/mol. The Labute approximate surface area is 178 Å². The van der Waals surface area contributed by atoms with Crippen LogP contribution < -0.4 is 4.74 Å². The smallest absolute Gasteiger partial charge is 0.294 e. The lowest BCUT2D eigenvalue weighted by Gasteiger charge is -2.24. The maximum Gasteiger partial charge on any atom is 0.294 e. The summed E-state index contributed by atoms with van der Waals surface area (Å²) in [7, 11) is 1.53. The summed E-state index contributed by atoms with van der Waals surface area (Å²) < 4.78 is 5.28. The van der Waals surface area contributed by atoms with Crippen molar-refractivity contribution in [2.75, 3.05) is 26.8 Å². The normalized spacial score (nSPS) is 15.0. The van der Waals surface area contributed by atoms with Gasteiger partial charge in [0.05, 0.1) is 18.6 Å². The molecule has 0 unspecified atom stereocenters. The second-order valence-corrected chi connectivity index (χ2v) is 7.53. The number of imide groups is 1. The molecule has 0 saturated carbocycles. The zero-order chi connectivity index (χ0) is 21.5. The van der Waals surface area contributed by atoms with Crippen molar-refractivity contribution in [3.63, 3.8) is 0 Å². The predicted molar refractivity (Wildman–Crippen MR) is 115 cm³/mol. The van der Waals surface area contributed by atoms with Crippen molar-refractivity contribution in [3.8, 4) is 5.75 Å². The molecule has 156 valence electrons. The highest BCUT2D eigenvalue weighted by Crippen LogP contribution is 2.33. The van der Waals surface area contributed by atoms with Crippen LogP contribution in [0.2, 0.25) is 0 Å². The maximum atomic E-state index is 12.8. The molecule has 2 aromatic carbocycles. The average Bonchev–Trinajstić information content (AvgIpc) is 3.02. The van der Waals surface area contributed by atoms with E-state index in [1.807, 2.05) is 36.4 Å². The summed E-state index contributed by atoms with van der Waals surface area (Å²) in [4.78, 5) is 40.5. The Kier molecular flexibility index (Phi) is 7.26. The summed E-state index contributed by atoms with van der Waals surface area (Å²) in [6.07, 6.45) is 1.59. The van der Waals surface area contributed by atoms with Gasteiger partial charge in [0, 0.05) is 18.7 Å². The van der Waals surface area contributed by atoms with E-state index in [1.165, 1.54) is 12.0 Å². The highest BCUT2D eigenvalue weighted by atomic mass is 32.2. The average molecular weight is 426 g/mol. The molecule has 3 rings (SSSR count). The number of carbonyl (C=O) groups excluding carboxylic acids is 3. The highest BCUT2D eigenvalue weighted by Gasteiger charge is 2.37. The van der Waals surface area contributed by atoms with Gasteiger partial charge in [0.25, 0.3) is 11.1 Å². The molecule has 7 nitrogen and oxygen atoms in total. The molecular weight excluding hydrogens is 404 g/mol. The van der Waals surface area contributed by atoms with E-state index in [0.29, 0.717) is 11.3 Å². The third kappa shape index (κ3) is 5.08. The lowest BCUT2D eigenvalue weighted by atomic mass is 10.2. The summed E-state index contributed by atoms with van der Waals surface area (Å²) in [6.45, 7) is -0.191. The van der Waals surface area contributed by atoms with E-state index in [1.54, 1.807) is 24.3 Å². The van der Waals surface area contributed by atoms with Crippen LogP contribution in [0.15, 0.2) is 59.5 Å². The third-order valence-corrected chi connectivity index (χ3v) is 5.44. The number of ether oxygens (including phenoxy) is 1. The zero-order valence-electron chi connectivity index (χ0n) is 16.5. The second kappa shape index (κ2) is 10.1. The van der Waals surface area contributed by atoms with Gasteiger partial charge in [-0.05, 0) is 29.5 Å². The molecule has 1 aliphatic heterocycles. The number of carbonyl (C=O) groups is 3. The lowest BCUT2D eigenvalue weighted by molar-refractivity contribution is -0.136. The van der Waals surface area contributed by atoms with E-state index in [0.717, 1.165) is 22.2 Å². The van der Waals surface area contributed by atoms with Crippen LogP contribution in [0.5, 0.6) is 5.75 Å². The van der Waals surface area contributed by atoms with Crippen molar-refractivity contribution in [2.24, 2.45) is 0 Å². The number of rotatable bonds is 8. The molecule has 0 aromatic heterocycles. The molecule has 0 atom stereocenters. The number of thioether (sulfide) groups is 1. The first-order valence-electron chi connectivity index (χ1n) is 9.34. The first-order chi connectivity index (χ1) is 14.5. The number of amides is 3. The number of hydrogen-bond acceptors (Lipinski definition) is 6. The highest BCUT2D eigenvalue weighted by molar-refractivity contribution is 8.18. The zero-order valence-corrected chi connectivity index (χ0v) is 17.3. The van der Waals surface area contributed by atoms with Crippen molar-refractivity contribution in [3.05, 3.63) is 70.6 Å². The maximum absolute atomic E-state index is 12.8. The summed E-state index contributed by atoms with van der Waals surface area (Å²) in [5, 5.41) is 8.82. The van der Waals surface area contributed by atoms with Crippen LogP contribution >= 0.6 is 11.8 Å². The minimum atomic E-state index is -0.520. The Morgan fingerprint density at radius 3 is 2.53 bits per heavy atom. The molecule has 1 N–H and O–H groups in total. The molecular formula is C22H22N2O5S. The number of nitrogens with zero attached hydrogens (tertiary/aromatic N) is 2. The molecule has 1 heterocycles. The van der Waals surface area contributed by atoms with Gasteiger partial charge in [0.1, 0.15) is 12.3 Å². The molecule has 3 amide bonds. The summed E-state index contributed by atoms with van der Waals surface area (Å²) in [5.41, 5.74) is 1.56. The first-order valence-corrected chi connectivity index (χ1v) is 10.2. The molecule has 8 heteroatoms. The van der Waals surface area contributed by atoms with Crippen LogP contribution in [0.1, 0.15) is 11.1 Å². The van der Waals surface area contributed by atoms with Gasteiger partial charge in [-0.2, -0.15) is 0 Å². The van der Waals surface area contributed by atoms with Gasteiger partial charge in [0.15, 0.2) is 0 Å². The van der Waals surface area contributed by atoms with E-state index in [-0.39, 0.29) is 31.1 Å². The SMILES string of the molecule is COc1ccccc1/C=C1\SC(=O)N(CC(=O)N(CCO)Cc2ccccc2)C1=O. The van der Waals surface area contributed by atoms with Crippen LogP contribution in [-0.4, -0.2) is 58.8 Å². The number of aliphatic hydroxyl groups is 1. The van der Waals surface area contributed by atoms with Gasteiger partial charge in [0.2, 0.25) is 5.91 Å². The van der Waals surface area contributed by atoms with E-state index in [4.69, 9.17) is 4.74 Å². The van der Waals surface area contributed by atoms with Crippen LogP contribution in [0.25, 0.3) is 6.08 Å². The van der Waals surface area contributed by atoms with Crippen LogP contribution in [0, 0.1) is 0 Å². The summed E-state index contributed by atoms with van der Waals surface area (Å²) in [5.74, 6) is -0.348. The van der Waals surface area contributed by atoms with E-state index in [2.05, 4.69) is 0 Å². The fourth-order valence-electron chi connectivity index (χ4n) is 3.01. The van der Waals surface area contributed by atoms with Crippen molar-refractivity contribution in [1.82, 2.24) is 9.80 Å². The van der Waals surface area contributed by atoms with Gasteiger partial charge in [-0.25, -0.2) is 0 Å². The fraction of sp³-hybridized carbons (Fsp3) is 0.227. The molecule has 0 aliphatic carbocycles. The molecule has 1 saturated heterocycles.